The second-order valence-electron chi connectivity index (χ2n) is 5.89. The topological polar surface area (TPSA) is 0 Å². The Morgan fingerprint density at radius 3 is 1.20 bits per heavy atom. The maximum atomic E-state index is 2.32. The summed E-state index contributed by atoms with van der Waals surface area (Å²) in [4.78, 5) is 0. The van der Waals surface area contributed by atoms with E-state index in [0.29, 0.717) is 0 Å². The van der Waals surface area contributed by atoms with E-state index in [4.69, 9.17) is 0 Å². The van der Waals surface area contributed by atoms with Crippen molar-refractivity contribution < 1.29 is 10.8 Å². The van der Waals surface area contributed by atoms with Crippen LogP contribution < -0.4 is 25.3 Å². The average molecular weight is 358 g/mol. The maximum Gasteiger partial charge on any atom is 1.00 e. The van der Waals surface area contributed by atoms with Gasteiger partial charge in [-0.15, -0.1) is 0 Å². The van der Waals surface area contributed by atoms with Crippen molar-refractivity contribution in [2.45, 2.75) is 19.8 Å². The second kappa shape index (κ2) is 10.1. The highest BCUT2D eigenvalue weighted by Crippen LogP contribution is 2.55. The fourth-order valence-electron chi connectivity index (χ4n) is 3.28. The van der Waals surface area contributed by atoms with Crippen LogP contribution in [0.15, 0.2) is 91.0 Å². The first-order chi connectivity index (χ1) is 11.4. The number of hydrogen-bond donors (Lipinski definition) is 0. The zero-order valence-electron chi connectivity index (χ0n) is 15.5. The summed E-state index contributed by atoms with van der Waals surface area (Å²) in [5.41, 5.74) is 0. The average Bonchev–Trinajstić information content (AvgIpc) is 2.65. The molecule has 0 unspecified atom stereocenters. The number of benzene rings is 3. The van der Waals surface area contributed by atoms with Gasteiger partial charge in [-0.3, -0.25) is 0 Å². The lowest BCUT2D eigenvalue weighted by Gasteiger charge is -2.27. The molecule has 25 heavy (non-hydrogen) atoms. The number of unbranched alkanes of at least 4 members (excludes halogenated alkanes) is 1. The Morgan fingerprint density at radius 1 is 0.600 bits per heavy atom. The molecule has 0 nitrogen and oxygen atoms in total. The maximum absolute atomic E-state index is 2.32. The van der Waals surface area contributed by atoms with E-state index in [9.17, 15) is 0 Å². The van der Waals surface area contributed by atoms with Gasteiger partial charge in [0.15, 0.2) is 0 Å². The van der Waals surface area contributed by atoms with E-state index < -0.39 is 7.26 Å². The minimum Gasteiger partial charge on any atom is -1.00 e. The molecule has 132 valence electrons. The van der Waals surface area contributed by atoms with Gasteiger partial charge in [0.25, 0.3) is 0 Å². The van der Waals surface area contributed by atoms with Gasteiger partial charge < -0.3 is 9.41 Å². The molecule has 0 spiro atoms. The summed E-state index contributed by atoms with van der Waals surface area (Å²) in [6.45, 7) is 2.29. The molecule has 0 saturated heterocycles. The van der Waals surface area contributed by atoms with Gasteiger partial charge in [-0.1, -0.05) is 67.9 Å². The summed E-state index contributed by atoms with van der Waals surface area (Å²) in [6.07, 6.45) is 3.72. The molecule has 0 N–H and O–H groups in total. The molecule has 3 aromatic carbocycles. The molecule has 0 amide bonds. The van der Waals surface area contributed by atoms with Crippen molar-refractivity contribution in [3.05, 3.63) is 91.0 Å². The Balaban J connectivity index is 0.00000208. The predicted molar refractivity (Wildman–Crippen MR) is 106 cm³/mol. The zero-order valence-corrected chi connectivity index (χ0v) is 15.4. The molecular weight excluding hydrogens is 333 g/mol. The fourth-order valence-corrected chi connectivity index (χ4v) is 7.78. The third-order valence-corrected chi connectivity index (χ3v) is 8.96. The largest absolute Gasteiger partial charge is 1.00 e. The van der Waals surface area contributed by atoms with E-state index >= 15 is 0 Å². The van der Waals surface area contributed by atoms with Gasteiger partial charge in [0, 0.05) is 0 Å². The van der Waals surface area contributed by atoms with Crippen molar-refractivity contribution in [1.29, 1.82) is 0 Å². The van der Waals surface area contributed by atoms with Gasteiger partial charge in [0.1, 0.15) is 23.2 Å². The van der Waals surface area contributed by atoms with Crippen molar-refractivity contribution in [1.82, 2.24) is 0 Å². The van der Waals surface area contributed by atoms with E-state index in [1.165, 1.54) is 34.9 Å². The summed E-state index contributed by atoms with van der Waals surface area (Å²) in [7, 11) is -1.57. The highest BCUT2D eigenvalue weighted by Gasteiger charge is 2.44. The lowest BCUT2D eigenvalue weighted by atomic mass is 10.3. The number of hydrogen-bond acceptors (Lipinski definition) is 0. The van der Waals surface area contributed by atoms with Gasteiger partial charge >= 0.3 is 1.43 Å². The standard InChI is InChI=1S/C22H24P.2FH/c1-2-3-19-23(20-13-7-4-8-14-20,21-15-9-5-10-16-21)22-17-11-6-12-18-22;;/h4-18H,2-3,19H2,1H3;2*1H/q+1;;/p-1. The van der Waals surface area contributed by atoms with Crippen molar-refractivity contribution in [2.75, 3.05) is 6.16 Å². The van der Waals surface area contributed by atoms with Gasteiger partial charge in [-0.2, -0.15) is 0 Å². The quantitative estimate of drug-likeness (QED) is 0.491. The Kier molecular flexibility index (Phi) is 8.45. The minimum atomic E-state index is -1.57. The molecule has 0 aliphatic carbocycles. The summed E-state index contributed by atoms with van der Waals surface area (Å²) in [5.74, 6) is 0. The molecular formula is C22H25F2P. The Hall–Kier alpha value is -2.05. The second-order valence-corrected chi connectivity index (χ2v) is 9.51. The highest BCUT2D eigenvalue weighted by molar-refractivity contribution is 7.95. The van der Waals surface area contributed by atoms with E-state index in [-0.39, 0.29) is 10.8 Å². The summed E-state index contributed by atoms with van der Waals surface area (Å²) in [6, 6.07) is 33.4. The van der Waals surface area contributed by atoms with Crippen LogP contribution in [0.4, 0.5) is 0 Å². The molecule has 0 bridgehead atoms. The first-order valence-electron chi connectivity index (χ1n) is 8.43. The number of halogens is 2. The molecule has 0 aromatic heterocycles. The van der Waals surface area contributed by atoms with Crippen LogP contribution in [0.1, 0.15) is 21.2 Å². The first kappa shape index (κ1) is 21.0. The Bertz CT molecular complexity index is 624. The van der Waals surface area contributed by atoms with Gasteiger partial charge in [-0.05, 0) is 42.8 Å². The lowest BCUT2D eigenvalue weighted by Crippen LogP contribution is -3.00. The van der Waals surface area contributed by atoms with Crippen molar-refractivity contribution >= 4 is 23.2 Å². The lowest BCUT2D eigenvalue weighted by molar-refractivity contribution is -0.001000. The molecule has 0 saturated carbocycles. The molecule has 3 heteroatoms. The number of rotatable bonds is 6. The van der Waals surface area contributed by atoms with Gasteiger partial charge in [0.05, 0.1) is 6.16 Å². The molecule has 0 aliphatic heterocycles. The van der Waals surface area contributed by atoms with Gasteiger partial charge in [0.2, 0.25) is 0 Å². The molecule has 0 atom stereocenters. The van der Waals surface area contributed by atoms with Crippen molar-refractivity contribution in [2.24, 2.45) is 0 Å². The smallest absolute Gasteiger partial charge is 1.00 e. The van der Waals surface area contributed by atoms with Crippen LogP contribution in [0.5, 0.6) is 0 Å². The van der Waals surface area contributed by atoms with E-state index in [0.717, 1.165) is 0 Å². The predicted octanol–water partition coefficient (Wildman–Crippen LogP) is -1.10. The van der Waals surface area contributed by atoms with Crippen LogP contribution in [0.25, 0.3) is 0 Å². The van der Waals surface area contributed by atoms with Crippen LogP contribution >= 0.6 is 7.26 Å². The van der Waals surface area contributed by atoms with Crippen LogP contribution in [0, 0.1) is 0 Å². The minimum absolute atomic E-state index is 0. The monoisotopic (exact) mass is 358 g/mol. The van der Waals surface area contributed by atoms with E-state index in [1.54, 1.807) is 0 Å². The Labute approximate surface area is 151 Å². The van der Waals surface area contributed by atoms with Crippen LogP contribution in [0.2, 0.25) is 0 Å². The fraction of sp³-hybridized carbons (Fsp3) is 0.182. The van der Waals surface area contributed by atoms with Gasteiger partial charge in [-0.25, -0.2) is 0 Å². The third-order valence-electron chi connectivity index (χ3n) is 4.44. The van der Waals surface area contributed by atoms with Crippen molar-refractivity contribution in [3.63, 3.8) is 0 Å². The Morgan fingerprint density at radius 2 is 0.920 bits per heavy atom. The molecule has 0 fully saturated rings. The van der Waals surface area contributed by atoms with Crippen LogP contribution in [-0.4, -0.2) is 6.16 Å². The van der Waals surface area contributed by atoms with Crippen LogP contribution in [0.3, 0.4) is 0 Å². The molecule has 3 aromatic rings. The third kappa shape index (κ3) is 4.32. The molecule has 0 heterocycles. The first-order valence-corrected chi connectivity index (χ1v) is 10.4. The molecule has 3 rings (SSSR count). The molecule has 0 aliphatic rings. The van der Waals surface area contributed by atoms with Crippen molar-refractivity contribution in [3.8, 4) is 0 Å². The molecule has 0 radical (unpaired) electrons. The highest BCUT2D eigenvalue weighted by atomic mass is 31.2. The summed E-state index contributed by atoms with van der Waals surface area (Å²) < 4.78 is 0. The SMILES string of the molecule is CCCC[P+](c1ccccc1)(c1ccccc1)c1ccccc1.[F-].[F-].[H+]. The summed E-state index contributed by atoms with van der Waals surface area (Å²) in [5, 5.41) is 4.47. The van der Waals surface area contributed by atoms with E-state index in [1.807, 2.05) is 0 Å². The summed E-state index contributed by atoms with van der Waals surface area (Å²) >= 11 is 0. The zero-order chi connectivity index (χ0) is 16.0. The van der Waals surface area contributed by atoms with Crippen LogP contribution in [-0.2, 0) is 0 Å². The normalized spacial score (nSPS) is 10.4. The van der Waals surface area contributed by atoms with E-state index in [2.05, 4.69) is 97.9 Å².